The van der Waals surface area contributed by atoms with Gasteiger partial charge in [0.15, 0.2) is 0 Å². The zero-order chi connectivity index (χ0) is 10.7. The fourth-order valence-corrected chi connectivity index (χ4v) is 2.12. The highest BCUT2D eigenvalue weighted by atomic mass is 35.5. The van der Waals surface area contributed by atoms with Crippen LogP contribution in [0.15, 0.2) is 24.3 Å². The highest BCUT2D eigenvalue weighted by Crippen LogP contribution is 2.33. The standard InChI is InChI=1S/C12H13ClO2/c13-11-3-1-10(2-4-11)12(9-14)5-7-15-8-6-12/h1-4,9H,5-8H2. The lowest BCUT2D eigenvalue weighted by Crippen LogP contribution is -2.35. The van der Waals surface area contributed by atoms with Crippen LogP contribution in [0.1, 0.15) is 18.4 Å². The van der Waals surface area contributed by atoms with Crippen molar-refractivity contribution in [1.29, 1.82) is 0 Å². The first-order valence-electron chi connectivity index (χ1n) is 5.07. The van der Waals surface area contributed by atoms with Crippen LogP contribution >= 0.6 is 11.6 Å². The molecule has 0 spiro atoms. The third kappa shape index (κ3) is 2.06. The SMILES string of the molecule is O=CC1(c2ccc(Cl)cc2)CCOCC1. The zero-order valence-electron chi connectivity index (χ0n) is 8.41. The highest BCUT2D eigenvalue weighted by Gasteiger charge is 2.33. The van der Waals surface area contributed by atoms with E-state index in [9.17, 15) is 4.79 Å². The third-order valence-corrected chi connectivity index (χ3v) is 3.28. The molecule has 0 N–H and O–H groups in total. The number of halogens is 1. The Labute approximate surface area is 94.2 Å². The third-order valence-electron chi connectivity index (χ3n) is 3.03. The zero-order valence-corrected chi connectivity index (χ0v) is 9.17. The number of carbonyl (C=O) groups is 1. The summed E-state index contributed by atoms with van der Waals surface area (Å²) < 4.78 is 5.29. The Bertz CT molecular complexity index is 339. The first kappa shape index (κ1) is 10.7. The van der Waals surface area contributed by atoms with Crippen LogP contribution in [-0.2, 0) is 14.9 Å². The summed E-state index contributed by atoms with van der Waals surface area (Å²) in [4.78, 5) is 11.3. The Kier molecular flexibility index (Phi) is 3.08. The van der Waals surface area contributed by atoms with E-state index in [1.165, 1.54) is 0 Å². The van der Waals surface area contributed by atoms with Crippen LogP contribution in [0.25, 0.3) is 0 Å². The van der Waals surface area contributed by atoms with E-state index < -0.39 is 0 Å². The second-order valence-electron chi connectivity index (χ2n) is 3.89. The van der Waals surface area contributed by atoms with E-state index in [0.29, 0.717) is 18.2 Å². The van der Waals surface area contributed by atoms with Crippen molar-refractivity contribution in [3.63, 3.8) is 0 Å². The molecule has 1 saturated heterocycles. The van der Waals surface area contributed by atoms with Crippen molar-refractivity contribution in [2.75, 3.05) is 13.2 Å². The molecule has 0 amide bonds. The summed E-state index contributed by atoms with van der Waals surface area (Å²) in [6, 6.07) is 7.53. The Morgan fingerprint density at radius 2 is 1.80 bits per heavy atom. The maximum Gasteiger partial charge on any atom is 0.130 e. The van der Waals surface area contributed by atoms with Gasteiger partial charge < -0.3 is 9.53 Å². The van der Waals surface area contributed by atoms with Crippen LogP contribution in [0.5, 0.6) is 0 Å². The lowest BCUT2D eigenvalue weighted by Gasteiger charge is -2.32. The quantitative estimate of drug-likeness (QED) is 0.722. The molecule has 2 nitrogen and oxygen atoms in total. The topological polar surface area (TPSA) is 26.3 Å². The molecule has 2 rings (SSSR count). The minimum atomic E-state index is -0.358. The lowest BCUT2D eigenvalue weighted by molar-refractivity contribution is -0.115. The monoisotopic (exact) mass is 224 g/mol. The number of rotatable bonds is 2. The maximum atomic E-state index is 11.3. The van der Waals surface area contributed by atoms with Crippen LogP contribution in [0, 0.1) is 0 Å². The molecule has 0 aliphatic carbocycles. The van der Waals surface area contributed by atoms with Crippen molar-refractivity contribution in [2.24, 2.45) is 0 Å². The molecule has 15 heavy (non-hydrogen) atoms. The number of carbonyl (C=O) groups excluding carboxylic acids is 1. The van der Waals surface area contributed by atoms with Gasteiger partial charge in [-0.3, -0.25) is 0 Å². The summed E-state index contributed by atoms with van der Waals surface area (Å²) >= 11 is 5.83. The number of aldehydes is 1. The van der Waals surface area contributed by atoms with Crippen molar-refractivity contribution >= 4 is 17.9 Å². The van der Waals surface area contributed by atoms with Gasteiger partial charge >= 0.3 is 0 Å². The fraction of sp³-hybridized carbons (Fsp3) is 0.417. The van der Waals surface area contributed by atoms with Crippen molar-refractivity contribution in [2.45, 2.75) is 18.3 Å². The largest absolute Gasteiger partial charge is 0.381 e. The Morgan fingerprint density at radius 3 is 2.33 bits per heavy atom. The normalized spacial score (nSPS) is 19.8. The van der Waals surface area contributed by atoms with Crippen LogP contribution in [-0.4, -0.2) is 19.5 Å². The van der Waals surface area contributed by atoms with Gasteiger partial charge in [0.05, 0.1) is 5.41 Å². The van der Waals surface area contributed by atoms with Gasteiger partial charge in [0, 0.05) is 18.2 Å². The minimum Gasteiger partial charge on any atom is -0.381 e. The molecule has 0 saturated carbocycles. The molecule has 0 atom stereocenters. The minimum absolute atomic E-state index is 0.358. The smallest absolute Gasteiger partial charge is 0.130 e. The second-order valence-corrected chi connectivity index (χ2v) is 4.33. The Hall–Kier alpha value is -0.860. The van der Waals surface area contributed by atoms with Gasteiger partial charge in [-0.15, -0.1) is 0 Å². The molecule has 1 heterocycles. The lowest BCUT2D eigenvalue weighted by atomic mass is 9.75. The van der Waals surface area contributed by atoms with Crippen LogP contribution in [0.2, 0.25) is 5.02 Å². The van der Waals surface area contributed by atoms with Crippen LogP contribution < -0.4 is 0 Å². The average Bonchev–Trinajstić information content (AvgIpc) is 2.31. The van der Waals surface area contributed by atoms with Gasteiger partial charge in [0.2, 0.25) is 0 Å². The van der Waals surface area contributed by atoms with Crippen molar-refractivity contribution in [3.8, 4) is 0 Å². The van der Waals surface area contributed by atoms with Gasteiger partial charge in [-0.05, 0) is 30.5 Å². The van der Waals surface area contributed by atoms with Crippen LogP contribution in [0.4, 0.5) is 0 Å². The number of benzene rings is 1. The van der Waals surface area contributed by atoms with E-state index in [2.05, 4.69) is 0 Å². The molecule has 1 aromatic rings. The van der Waals surface area contributed by atoms with E-state index in [1.54, 1.807) is 0 Å². The van der Waals surface area contributed by atoms with E-state index in [-0.39, 0.29) is 5.41 Å². The van der Waals surface area contributed by atoms with Crippen molar-refractivity contribution < 1.29 is 9.53 Å². The molecule has 0 radical (unpaired) electrons. The molecule has 80 valence electrons. The first-order valence-corrected chi connectivity index (χ1v) is 5.45. The summed E-state index contributed by atoms with van der Waals surface area (Å²) in [5.74, 6) is 0. The second kappa shape index (κ2) is 4.33. The van der Waals surface area contributed by atoms with Gasteiger partial charge in [-0.1, -0.05) is 23.7 Å². The van der Waals surface area contributed by atoms with Gasteiger partial charge in [0.25, 0.3) is 0 Å². The summed E-state index contributed by atoms with van der Waals surface area (Å²) in [6.07, 6.45) is 2.58. The number of ether oxygens (including phenoxy) is 1. The maximum absolute atomic E-state index is 11.3. The van der Waals surface area contributed by atoms with E-state index in [4.69, 9.17) is 16.3 Å². The fourth-order valence-electron chi connectivity index (χ4n) is 1.99. The number of hydrogen-bond acceptors (Lipinski definition) is 2. The van der Waals surface area contributed by atoms with Gasteiger partial charge in [0.1, 0.15) is 6.29 Å². The Morgan fingerprint density at radius 1 is 1.20 bits per heavy atom. The summed E-state index contributed by atoms with van der Waals surface area (Å²) in [7, 11) is 0. The van der Waals surface area contributed by atoms with Crippen molar-refractivity contribution in [1.82, 2.24) is 0 Å². The predicted octanol–water partition coefficient (Wildman–Crippen LogP) is 2.59. The molecular formula is C12H13ClO2. The molecule has 1 aliphatic rings. The molecule has 1 fully saturated rings. The molecule has 0 unspecified atom stereocenters. The van der Waals surface area contributed by atoms with E-state index in [0.717, 1.165) is 24.7 Å². The molecule has 1 aromatic carbocycles. The summed E-state index contributed by atoms with van der Waals surface area (Å²) in [5.41, 5.74) is 0.688. The molecule has 3 heteroatoms. The van der Waals surface area contributed by atoms with Crippen LogP contribution in [0.3, 0.4) is 0 Å². The van der Waals surface area contributed by atoms with E-state index in [1.807, 2.05) is 24.3 Å². The van der Waals surface area contributed by atoms with Gasteiger partial charge in [-0.25, -0.2) is 0 Å². The van der Waals surface area contributed by atoms with Crippen molar-refractivity contribution in [3.05, 3.63) is 34.9 Å². The van der Waals surface area contributed by atoms with Gasteiger partial charge in [-0.2, -0.15) is 0 Å². The van der Waals surface area contributed by atoms with E-state index >= 15 is 0 Å². The molecular weight excluding hydrogens is 212 g/mol. The predicted molar refractivity (Wildman–Crippen MR) is 59.2 cm³/mol. The summed E-state index contributed by atoms with van der Waals surface area (Å²) in [6.45, 7) is 1.31. The summed E-state index contributed by atoms with van der Waals surface area (Å²) in [5, 5.41) is 0.701. The molecule has 1 aliphatic heterocycles. The average molecular weight is 225 g/mol. The highest BCUT2D eigenvalue weighted by molar-refractivity contribution is 6.30. The molecule has 0 aromatic heterocycles. The first-order chi connectivity index (χ1) is 7.27. The number of hydrogen-bond donors (Lipinski definition) is 0. The molecule has 0 bridgehead atoms. The Balaban J connectivity index is 2.32.